The molecular formula is C20H24N4O3. The van der Waals surface area contributed by atoms with E-state index >= 15 is 0 Å². The quantitative estimate of drug-likeness (QED) is 0.546. The smallest absolute Gasteiger partial charge is 0.354 e. The van der Waals surface area contributed by atoms with Crippen LogP contribution in [0.15, 0.2) is 48.8 Å². The van der Waals surface area contributed by atoms with E-state index < -0.39 is 0 Å². The Morgan fingerprint density at radius 2 is 1.74 bits per heavy atom. The number of benzene rings is 1. The Bertz CT molecular complexity index is 923. The van der Waals surface area contributed by atoms with Crippen molar-refractivity contribution in [3.05, 3.63) is 60.2 Å². The van der Waals surface area contributed by atoms with Crippen molar-refractivity contribution in [3.8, 4) is 11.1 Å². The molecule has 2 heterocycles. The number of rotatable bonds is 4. The Hall–Kier alpha value is -3.48. The van der Waals surface area contributed by atoms with Crippen LogP contribution < -0.4 is 11.1 Å². The van der Waals surface area contributed by atoms with Crippen molar-refractivity contribution in [2.75, 3.05) is 25.2 Å². The van der Waals surface area contributed by atoms with Gasteiger partial charge in [0.25, 0.3) is 0 Å². The van der Waals surface area contributed by atoms with Crippen LogP contribution in [0.3, 0.4) is 0 Å². The van der Waals surface area contributed by atoms with Crippen molar-refractivity contribution in [3.63, 3.8) is 0 Å². The fourth-order valence-corrected chi connectivity index (χ4v) is 2.58. The van der Waals surface area contributed by atoms with Gasteiger partial charge in [0.1, 0.15) is 5.69 Å². The van der Waals surface area contributed by atoms with E-state index in [4.69, 9.17) is 10.5 Å². The van der Waals surface area contributed by atoms with E-state index in [-0.39, 0.29) is 5.97 Å². The van der Waals surface area contributed by atoms with Gasteiger partial charge in [0.2, 0.25) is 0 Å². The number of hydrogen-bond donors (Lipinski definition) is 2. The van der Waals surface area contributed by atoms with Gasteiger partial charge in [-0.1, -0.05) is 12.1 Å². The lowest BCUT2D eigenvalue weighted by atomic mass is 10.1. The van der Waals surface area contributed by atoms with E-state index in [2.05, 4.69) is 5.32 Å². The fraction of sp³-hybridized carbons (Fsp3) is 0.200. The molecule has 0 spiro atoms. The molecule has 0 radical (unpaired) electrons. The molecule has 7 nitrogen and oxygen atoms in total. The summed E-state index contributed by atoms with van der Waals surface area (Å²) in [5, 5.41) is 3.07. The number of nitrogens with two attached hydrogens (primary N) is 1. The topological polar surface area (TPSA) is 91.3 Å². The van der Waals surface area contributed by atoms with Crippen LogP contribution in [-0.4, -0.2) is 35.5 Å². The van der Waals surface area contributed by atoms with Gasteiger partial charge in [0.15, 0.2) is 6.29 Å². The minimum Gasteiger partial charge on any atom is -0.464 e. The van der Waals surface area contributed by atoms with Crippen LogP contribution in [0.25, 0.3) is 11.1 Å². The maximum atomic E-state index is 11.5. The van der Waals surface area contributed by atoms with Gasteiger partial charge >= 0.3 is 5.97 Å². The number of carbonyl (C=O) groups is 2. The van der Waals surface area contributed by atoms with E-state index in [0.29, 0.717) is 17.1 Å². The van der Waals surface area contributed by atoms with E-state index in [0.717, 1.165) is 23.1 Å². The van der Waals surface area contributed by atoms with E-state index in [1.54, 1.807) is 28.4 Å². The molecule has 1 aromatic carbocycles. The van der Waals surface area contributed by atoms with Crippen LogP contribution in [0.5, 0.6) is 0 Å². The number of ether oxygens (including phenoxy) is 1. The fourth-order valence-electron chi connectivity index (χ4n) is 2.58. The summed E-state index contributed by atoms with van der Waals surface area (Å²) in [7, 11) is 6.88. The predicted octanol–water partition coefficient (Wildman–Crippen LogP) is 2.94. The van der Waals surface area contributed by atoms with Crippen molar-refractivity contribution in [2.24, 2.45) is 14.1 Å². The zero-order valence-corrected chi connectivity index (χ0v) is 15.9. The number of esters is 1. The maximum absolute atomic E-state index is 11.5. The molecule has 27 heavy (non-hydrogen) atoms. The summed E-state index contributed by atoms with van der Waals surface area (Å²) in [4.78, 5) is 21.7. The molecule has 0 saturated heterocycles. The average Bonchev–Trinajstić information content (AvgIpc) is 3.23. The lowest BCUT2D eigenvalue weighted by molar-refractivity contribution is 0.0590. The number of aromatic nitrogens is 2. The number of anilines is 2. The Morgan fingerprint density at radius 3 is 2.19 bits per heavy atom. The molecule has 3 rings (SSSR count). The molecule has 0 atom stereocenters. The minimum atomic E-state index is -0.324. The zero-order chi connectivity index (χ0) is 20.0. The SMILES string of the molecule is CNc1ccc(-c2cc(C(=O)OC)n(C)c2)cc1.Cn1cc(N)cc1C=O. The van der Waals surface area contributed by atoms with Gasteiger partial charge in [-0.25, -0.2) is 4.79 Å². The first-order valence-electron chi connectivity index (χ1n) is 8.29. The number of nitrogen functional groups attached to an aromatic ring is 1. The zero-order valence-electron chi connectivity index (χ0n) is 15.9. The third kappa shape index (κ3) is 4.78. The second-order valence-corrected chi connectivity index (χ2v) is 5.97. The number of hydrogen-bond acceptors (Lipinski definition) is 5. The highest BCUT2D eigenvalue weighted by molar-refractivity contribution is 5.89. The van der Waals surface area contributed by atoms with Crippen molar-refractivity contribution in [2.45, 2.75) is 0 Å². The van der Waals surface area contributed by atoms with Gasteiger partial charge < -0.3 is 24.9 Å². The second kappa shape index (κ2) is 8.75. The third-order valence-electron chi connectivity index (χ3n) is 4.09. The van der Waals surface area contributed by atoms with Gasteiger partial charge in [-0.15, -0.1) is 0 Å². The normalized spacial score (nSPS) is 9.93. The first-order valence-corrected chi connectivity index (χ1v) is 8.29. The van der Waals surface area contributed by atoms with E-state index in [9.17, 15) is 9.59 Å². The molecule has 0 aliphatic heterocycles. The predicted molar refractivity (Wildman–Crippen MR) is 107 cm³/mol. The molecule has 7 heteroatoms. The Kier molecular flexibility index (Phi) is 6.43. The van der Waals surface area contributed by atoms with Gasteiger partial charge in [0, 0.05) is 44.8 Å². The molecule has 0 unspecified atom stereocenters. The van der Waals surface area contributed by atoms with Crippen molar-refractivity contribution < 1.29 is 14.3 Å². The first kappa shape index (κ1) is 19.8. The lowest BCUT2D eigenvalue weighted by Gasteiger charge is -2.01. The highest BCUT2D eigenvalue weighted by Gasteiger charge is 2.12. The molecule has 0 fully saturated rings. The molecular weight excluding hydrogens is 344 g/mol. The third-order valence-corrected chi connectivity index (χ3v) is 4.09. The monoisotopic (exact) mass is 368 g/mol. The Balaban J connectivity index is 0.000000244. The minimum absolute atomic E-state index is 0.324. The summed E-state index contributed by atoms with van der Waals surface area (Å²) in [5.74, 6) is -0.324. The Labute approximate surface area is 158 Å². The van der Waals surface area contributed by atoms with Crippen molar-refractivity contribution in [1.82, 2.24) is 9.13 Å². The van der Waals surface area contributed by atoms with Crippen LogP contribution in [0.4, 0.5) is 11.4 Å². The molecule has 0 bridgehead atoms. The van der Waals surface area contributed by atoms with Crippen LogP contribution in [0, 0.1) is 0 Å². The van der Waals surface area contributed by atoms with Crippen LogP contribution in [0.2, 0.25) is 0 Å². The number of carbonyl (C=O) groups excluding carboxylic acids is 2. The number of nitrogens with zero attached hydrogens (tertiary/aromatic N) is 2. The molecule has 0 aliphatic carbocycles. The van der Waals surface area contributed by atoms with Crippen molar-refractivity contribution in [1.29, 1.82) is 0 Å². The molecule has 0 saturated carbocycles. The summed E-state index contributed by atoms with van der Waals surface area (Å²) in [6.07, 6.45) is 4.39. The van der Waals surface area contributed by atoms with Gasteiger partial charge in [-0.05, 0) is 29.8 Å². The molecule has 3 aromatic rings. The standard InChI is InChI=1S/C14H16N2O2.C6H8N2O/c1-15-12-6-4-10(5-7-12)11-8-13(14(17)18-3)16(2)9-11;1-8-3-5(7)2-6(8)4-9/h4-9,15H,1-3H3;2-4H,7H2,1H3. The molecule has 0 amide bonds. The molecule has 0 aliphatic rings. The maximum Gasteiger partial charge on any atom is 0.354 e. The number of methoxy groups -OCH3 is 1. The van der Waals surface area contributed by atoms with Crippen LogP contribution >= 0.6 is 0 Å². The summed E-state index contributed by atoms with van der Waals surface area (Å²) in [6.45, 7) is 0. The number of aryl methyl sites for hydroxylation is 2. The van der Waals surface area contributed by atoms with E-state index in [1.807, 2.05) is 50.6 Å². The average molecular weight is 368 g/mol. The highest BCUT2D eigenvalue weighted by atomic mass is 16.5. The van der Waals surface area contributed by atoms with Crippen molar-refractivity contribution >= 4 is 23.6 Å². The first-order chi connectivity index (χ1) is 12.9. The summed E-state index contributed by atoms with van der Waals surface area (Å²) >= 11 is 0. The van der Waals surface area contributed by atoms with Gasteiger partial charge in [-0.3, -0.25) is 4.79 Å². The number of nitrogens with one attached hydrogen (secondary N) is 1. The van der Waals surface area contributed by atoms with Crippen LogP contribution in [-0.2, 0) is 18.8 Å². The van der Waals surface area contributed by atoms with Crippen LogP contribution in [0.1, 0.15) is 21.0 Å². The second-order valence-electron chi connectivity index (χ2n) is 5.97. The largest absolute Gasteiger partial charge is 0.464 e. The molecule has 142 valence electrons. The molecule has 3 N–H and O–H groups in total. The highest BCUT2D eigenvalue weighted by Crippen LogP contribution is 2.23. The molecule has 2 aromatic heterocycles. The lowest BCUT2D eigenvalue weighted by Crippen LogP contribution is -2.06. The van der Waals surface area contributed by atoms with Gasteiger partial charge in [-0.2, -0.15) is 0 Å². The summed E-state index contributed by atoms with van der Waals surface area (Å²) in [5.41, 5.74) is 10.3. The summed E-state index contributed by atoms with van der Waals surface area (Å²) < 4.78 is 8.19. The number of aldehydes is 1. The van der Waals surface area contributed by atoms with Gasteiger partial charge in [0.05, 0.1) is 18.5 Å². The van der Waals surface area contributed by atoms with E-state index in [1.165, 1.54) is 7.11 Å². The Morgan fingerprint density at radius 1 is 1.07 bits per heavy atom. The summed E-state index contributed by atoms with van der Waals surface area (Å²) in [6, 6.07) is 11.5.